The Hall–Kier alpha value is -1.60. The van der Waals surface area contributed by atoms with Crippen molar-refractivity contribution >= 4 is 29.1 Å². The maximum atomic E-state index is 13.0. The Morgan fingerprint density at radius 3 is 2.42 bits per heavy atom. The van der Waals surface area contributed by atoms with E-state index in [9.17, 15) is 22.8 Å². The number of nitrogens with zero attached hydrogens (tertiary/aromatic N) is 1. The molecule has 1 aromatic carbocycles. The van der Waals surface area contributed by atoms with Crippen molar-refractivity contribution in [1.82, 2.24) is 0 Å². The number of anilines is 1. The zero-order valence-corrected chi connectivity index (χ0v) is 13.6. The summed E-state index contributed by atoms with van der Waals surface area (Å²) in [6.45, 7) is 1.62. The van der Waals surface area contributed by atoms with Crippen LogP contribution in [0, 0.1) is 0 Å². The van der Waals surface area contributed by atoms with Gasteiger partial charge in [0.15, 0.2) is 6.04 Å². The Morgan fingerprint density at radius 1 is 1.12 bits per heavy atom. The van der Waals surface area contributed by atoms with Crippen LogP contribution < -0.4 is 9.80 Å². The Labute approximate surface area is 142 Å². The molecule has 3 rings (SSSR count). The van der Waals surface area contributed by atoms with Gasteiger partial charge in [-0.1, -0.05) is 11.6 Å². The van der Waals surface area contributed by atoms with Gasteiger partial charge in [0.25, 0.3) is 5.91 Å². The number of carbonyl (C=O) groups is 2. The number of halogens is 4. The smallest absolute Gasteiger partial charge is 0.324 e. The average molecular weight is 362 g/mol. The molecule has 0 unspecified atom stereocenters. The highest BCUT2D eigenvalue weighted by atomic mass is 35.5. The predicted molar refractivity (Wildman–Crippen MR) is 81.9 cm³/mol. The molecule has 0 bridgehead atoms. The molecule has 2 amide bonds. The highest BCUT2D eigenvalue weighted by molar-refractivity contribution is 6.31. The summed E-state index contributed by atoms with van der Waals surface area (Å²) in [4.78, 5) is 26.8. The fraction of sp³-hybridized carbons (Fsp3) is 0.500. The summed E-state index contributed by atoms with van der Waals surface area (Å²) in [6, 6.07) is 2.62. The number of amides is 2. The summed E-state index contributed by atoms with van der Waals surface area (Å²) in [5.74, 6) is -0.883. The second-order valence-corrected chi connectivity index (χ2v) is 6.61. The molecule has 1 aromatic rings. The lowest BCUT2D eigenvalue weighted by Crippen LogP contribution is -3.17. The van der Waals surface area contributed by atoms with Gasteiger partial charge in [-0.15, -0.1) is 0 Å². The quantitative estimate of drug-likeness (QED) is 0.819. The number of likely N-dealkylation sites (tertiary alicyclic amines) is 1. The van der Waals surface area contributed by atoms with Gasteiger partial charge in [-0.25, -0.2) is 4.90 Å². The van der Waals surface area contributed by atoms with E-state index in [0.29, 0.717) is 0 Å². The summed E-state index contributed by atoms with van der Waals surface area (Å²) in [5, 5.41) is -0.455. The van der Waals surface area contributed by atoms with E-state index < -0.39 is 34.6 Å². The molecule has 130 valence electrons. The predicted octanol–water partition coefficient (Wildman–Crippen LogP) is 2.06. The normalized spacial score (nSPS) is 23.2. The minimum Gasteiger partial charge on any atom is -0.324 e. The summed E-state index contributed by atoms with van der Waals surface area (Å²) in [5.41, 5.74) is -1.11. The van der Waals surface area contributed by atoms with E-state index in [1.165, 1.54) is 6.07 Å². The number of rotatable bonds is 2. The number of alkyl halides is 3. The number of piperidine rings is 1. The molecule has 2 fully saturated rings. The van der Waals surface area contributed by atoms with Gasteiger partial charge >= 0.3 is 6.18 Å². The van der Waals surface area contributed by atoms with Gasteiger partial charge in [0.2, 0.25) is 5.91 Å². The molecule has 24 heavy (non-hydrogen) atoms. The number of carbonyl (C=O) groups excluding carboxylic acids is 2. The van der Waals surface area contributed by atoms with E-state index in [-0.39, 0.29) is 12.1 Å². The third kappa shape index (κ3) is 3.15. The molecule has 0 spiro atoms. The van der Waals surface area contributed by atoms with E-state index in [2.05, 4.69) is 0 Å². The van der Waals surface area contributed by atoms with Crippen LogP contribution in [0.1, 0.15) is 31.2 Å². The Balaban J connectivity index is 1.89. The SMILES string of the molecule is O=C1C[C@@H]([NH+]2CCCCC2)C(=O)N1c1ccc(Cl)c(C(F)(F)F)c1. The first kappa shape index (κ1) is 17.2. The third-order valence-corrected chi connectivity index (χ3v) is 4.98. The van der Waals surface area contributed by atoms with Crippen molar-refractivity contribution < 1.29 is 27.7 Å². The van der Waals surface area contributed by atoms with E-state index in [0.717, 1.165) is 54.3 Å². The largest absolute Gasteiger partial charge is 0.417 e. The molecule has 4 nitrogen and oxygen atoms in total. The summed E-state index contributed by atoms with van der Waals surface area (Å²) in [6.07, 6.45) is -1.51. The Kier molecular flexibility index (Phi) is 4.57. The van der Waals surface area contributed by atoms with E-state index >= 15 is 0 Å². The maximum absolute atomic E-state index is 13.0. The summed E-state index contributed by atoms with van der Waals surface area (Å²) < 4.78 is 39.0. The van der Waals surface area contributed by atoms with Crippen LogP contribution in [0.25, 0.3) is 0 Å². The van der Waals surface area contributed by atoms with Gasteiger partial charge < -0.3 is 4.90 Å². The van der Waals surface area contributed by atoms with E-state index in [1.54, 1.807) is 0 Å². The molecule has 1 N–H and O–H groups in total. The third-order valence-electron chi connectivity index (χ3n) is 4.65. The van der Waals surface area contributed by atoms with E-state index in [4.69, 9.17) is 11.6 Å². The van der Waals surface area contributed by atoms with Crippen LogP contribution in [-0.2, 0) is 15.8 Å². The first-order valence-corrected chi connectivity index (χ1v) is 8.25. The molecule has 2 heterocycles. The van der Waals surface area contributed by atoms with Crippen LogP contribution in [0.3, 0.4) is 0 Å². The van der Waals surface area contributed by atoms with Gasteiger partial charge in [-0.05, 0) is 37.5 Å². The van der Waals surface area contributed by atoms with Crippen molar-refractivity contribution in [2.24, 2.45) is 0 Å². The van der Waals surface area contributed by atoms with Gasteiger partial charge in [0, 0.05) is 0 Å². The molecule has 2 saturated heterocycles. The van der Waals surface area contributed by atoms with Gasteiger partial charge in [-0.3, -0.25) is 9.59 Å². The highest BCUT2D eigenvalue weighted by Gasteiger charge is 2.46. The molecular weight excluding hydrogens is 345 g/mol. The number of nitrogens with one attached hydrogen (secondary N) is 1. The fourth-order valence-corrected chi connectivity index (χ4v) is 3.67. The van der Waals surface area contributed by atoms with Crippen molar-refractivity contribution in [1.29, 1.82) is 0 Å². The lowest BCUT2D eigenvalue weighted by molar-refractivity contribution is -0.919. The van der Waals surface area contributed by atoms with Crippen molar-refractivity contribution in [3.8, 4) is 0 Å². The topological polar surface area (TPSA) is 41.8 Å². The Bertz CT molecular complexity index is 672. The fourth-order valence-electron chi connectivity index (χ4n) is 3.45. The first-order valence-electron chi connectivity index (χ1n) is 7.87. The number of hydrogen-bond acceptors (Lipinski definition) is 2. The first-order chi connectivity index (χ1) is 11.3. The summed E-state index contributed by atoms with van der Waals surface area (Å²) >= 11 is 5.60. The molecular formula is C16H17ClF3N2O2+. The monoisotopic (exact) mass is 361 g/mol. The lowest BCUT2D eigenvalue weighted by Gasteiger charge is -2.27. The second-order valence-electron chi connectivity index (χ2n) is 6.20. The molecule has 2 aliphatic heterocycles. The zero-order chi connectivity index (χ0) is 17.5. The van der Waals surface area contributed by atoms with Crippen molar-refractivity contribution in [2.45, 2.75) is 37.9 Å². The van der Waals surface area contributed by atoms with Crippen LogP contribution >= 0.6 is 11.6 Å². The van der Waals surface area contributed by atoms with Crippen LogP contribution in [0.4, 0.5) is 18.9 Å². The van der Waals surface area contributed by atoms with Gasteiger partial charge in [0.1, 0.15) is 0 Å². The number of quaternary nitrogens is 1. The van der Waals surface area contributed by atoms with Gasteiger partial charge in [0.05, 0.1) is 35.8 Å². The number of benzene rings is 1. The standard InChI is InChI=1S/C16H16ClF3N2O2/c17-12-5-4-10(8-11(12)16(18,19)20)22-14(23)9-13(15(22)24)21-6-2-1-3-7-21/h4-5,8,13H,1-3,6-7,9H2/p+1/t13-/m1/s1. The van der Waals surface area contributed by atoms with Crippen molar-refractivity contribution in [3.05, 3.63) is 28.8 Å². The number of hydrogen-bond donors (Lipinski definition) is 1. The molecule has 2 aliphatic rings. The summed E-state index contributed by atoms with van der Waals surface area (Å²) in [7, 11) is 0. The van der Waals surface area contributed by atoms with Crippen LogP contribution in [-0.4, -0.2) is 30.9 Å². The highest BCUT2D eigenvalue weighted by Crippen LogP contribution is 2.37. The zero-order valence-electron chi connectivity index (χ0n) is 12.8. The molecule has 0 aliphatic carbocycles. The molecule has 1 atom stereocenters. The van der Waals surface area contributed by atoms with Gasteiger partial charge in [-0.2, -0.15) is 13.2 Å². The molecule has 0 radical (unpaired) electrons. The van der Waals surface area contributed by atoms with Crippen LogP contribution in [0.15, 0.2) is 18.2 Å². The minimum atomic E-state index is -4.64. The lowest BCUT2D eigenvalue weighted by atomic mass is 10.1. The van der Waals surface area contributed by atoms with Crippen LogP contribution in [0.5, 0.6) is 0 Å². The average Bonchev–Trinajstić information content (AvgIpc) is 2.83. The molecule has 0 aromatic heterocycles. The molecule has 8 heteroatoms. The van der Waals surface area contributed by atoms with E-state index in [1.807, 2.05) is 0 Å². The van der Waals surface area contributed by atoms with Crippen LogP contribution in [0.2, 0.25) is 5.02 Å². The Morgan fingerprint density at radius 2 is 1.79 bits per heavy atom. The molecule has 0 saturated carbocycles. The van der Waals surface area contributed by atoms with Crippen molar-refractivity contribution in [3.63, 3.8) is 0 Å². The number of imide groups is 1. The maximum Gasteiger partial charge on any atom is 0.417 e. The minimum absolute atomic E-state index is 0.0398. The second kappa shape index (κ2) is 6.37. The van der Waals surface area contributed by atoms with Crippen molar-refractivity contribution in [2.75, 3.05) is 18.0 Å².